The number of nitrogens with two attached hydrogens (primary N) is 1. The van der Waals surface area contributed by atoms with Crippen LogP contribution in [0.2, 0.25) is 10.0 Å². The molecule has 0 amide bonds. The van der Waals surface area contributed by atoms with Crippen LogP contribution in [0.1, 0.15) is 50.1 Å². The zero-order valence-corrected chi connectivity index (χ0v) is 12.7. The molecule has 1 fully saturated rings. The van der Waals surface area contributed by atoms with Crippen molar-refractivity contribution in [2.24, 2.45) is 5.73 Å². The molecule has 0 aliphatic heterocycles. The van der Waals surface area contributed by atoms with Crippen molar-refractivity contribution >= 4 is 23.2 Å². The van der Waals surface area contributed by atoms with Crippen molar-refractivity contribution in [3.8, 4) is 0 Å². The third kappa shape index (κ3) is 4.64. The van der Waals surface area contributed by atoms with Crippen LogP contribution >= 0.6 is 23.2 Å². The first kappa shape index (κ1) is 15.1. The fraction of sp³-hybridized carbons (Fsp3) is 0.600. The van der Waals surface area contributed by atoms with Crippen LogP contribution in [0.25, 0.3) is 0 Å². The van der Waals surface area contributed by atoms with Crippen molar-refractivity contribution in [1.29, 1.82) is 0 Å². The fourth-order valence-electron chi connectivity index (χ4n) is 2.81. The van der Waals surface area contributed by atoms with Gasteiger partial charge in [-0.05, 0) is 36.6 Å². The zero-order valence-electron chi connectivity index (χ0n) is 11.2. The Bertz CT molecular complexity index is 381. The van der Waals surface area contributed by atoms with E-state index in [-0.39, 0.29) is 6.04 Å². The Morgan fingerprint density at radius 3 is 2.16 bits per heavy atom. The maximum atomic E-state index is 6.07. The Kier molecular flexibility index (Phi) is 5.96. The first-order valence-electron chi connectivity index (χ1n) is 7.11. The lowest BCUT2D eigenvalue weighted by Gasteiger charge is -2.24. The van der Waals surface area contributed by atoms with Crippen molar-refractivity contribution in [3.63, 3.8) is 0 Å². The summed E-state index contributed by atoms with van der Waals surface area (Å²) in [5, 5.41) is 5.01. The lowest BCUT2D eigenvalue weighted by molar-refractivity contribution is 0.402. The lowest BCUT2D eigenvalue weighted by Crippen LogP contribution is -2.36. The molecule has 2 rings (SSSR count). The molecule has 2 nitrogen and oxygen atoms in total. The molecule has 1 aliphatic carbocycles. The standard InChI is InChI=1S/C15H22Cl2N2/c16-12-7-11(8-13(17)9-12)15(10-18)19-14-5-3-1-2-4-6-14/h7-9,14-15,19H,1-6,10,18H2. The molecule has 1 aliphatic rings. The molecule has 3 N–H and O–H groups in total. The summed E-state index contributed by atoms with van der Waals surface area (Å²) in [6, 6.07) is 6.36. The minimum absolute atomic E-state index is 0.138. The molecule has 0 heterocycles. The van der Waals surface area contributed by atoms with Gasteiger partial charge in [0, 0.05) is 28.7 Å². The second-order valence-electron chi connectivity index (χ2n) is 5.35. The van der Waals surface area contributed by atoms with Gasteiger partial charge < -0.3 is 11.1 Å². The smallest absolute Gasteiger partial charge is 0.0447 e. The second-order valence-corrected chi connectivity index (χ2v) is 6.22. The van der Waals surface area contributed by atoms with Crippen LogP contribution < -0.4 is 11.1 Å². The highest BCUT2D eigenvalue weighted by Gasteiger charge is 2.18. The molecule has 1 aromatic rings. The van der Waals surface area contributed by atoms with E-state index in [1.807, 2.05) is 12.1 Å². The summed E-state index contributed by atoms with van der Waals surface area (Å²) in [5.41, 5.74) is 7.00. The molecule has 0 bridgehead atoms. The summed E-state index contributed by atoms with van der Waals surface area (Å²) in [6.45, 7) is 0.563. The van der Waals surface area contributed by atoms with Crippen LogP contribution in [0, 0.1) is 0 Å². The van der Waals surface area contributed by atoms with Gasteiger partial charge in [0.15, 0.2) is 0 Å². The minimum atomic E-state index is 0.138. The number of rotatable bonds is 4. The molecule has 0 spiro atoms. The quantitative estimate of drug-likeness (QED) is 0.813. The Balaban J connectivity index is 2.05. The predicted octanol–water partition coefficient (Wildman–Crippen LogP) is 4.31. The number of nitrogens with one attached hydrogen (secondary N) is 1. The van der Waals surface area contributed by atoms with E-state index in [2.05, 4.69) is 5.32 Å². The van der Waals surface area contributed by atoms with Crippen molar-refractivity contribution in [2.75, 3.05) is 6.54 Å². The predicted molar refractivity (Wildman–Crippen MR) is 82.9 cm³/mol. The van der Waals surface area contributed by atoms with Gasteiger partial charge in [0.25, 0.3) is 0 Å². The summed E-state index contributed by atoms with van der Waals surface area (Å²) in [6.07, 6.45) is 7.81. The highest BCUT2D eigenvalue weighted by atomic mass is 35.5. The van der Waals surface area contributed by atoms with E-state index in [9.17, 15) is 0 Å². The Morgan fingerprint density at radius 1 is 1.05 bits per heavy atom. The van der Waals surface area contributed by atoms with Crippen LogP contribution in [0.15, 0.2) is 18.2 Å². The van der Waals surface area contributed by atoms with E-state index in [0.29, 0.717) is 22.6 Å². The van der Waals surface area contributed by atoms with Gasteiger partial charge in [-0.3, -0.25) is 0 Å². The van der Waals surface area contributed by atoms with Crippen LogP contribution in [-0.2, 0) is 0 Å². The maximum Gasteiger partial charge on any atom is 0.0447 e. The number of benzene rings is 1. The van der Waals surface area contributed by atoms with E-state index in [1.165, 1.54) is 38.5 Å². The van der Waals surface area contributed by atoms with Crippen molar-refractivity contribution < 1.29 is 0 Å². The highest BCUT2D eigenvalue weighted by Crippen LogP contribution is 2.25. The van der Waals surface area contributed by atoms with Crippen LogP contribution in [0.4, 0.5) is 0 Å². The molecule has 1 saturated carbocycles. The first-order chi connectivity index (χ1) is 9.19. The summed E-state index contributed by atoms with van der Waals surface area (Å²) < 4.78 is 0. The van der Waals surface area contributed by atoms with Crippen LogP contribution in [0.3, 0.4) is 0 Å². The number of hydrogen-bond donors (Lipinski definition) is 2. The molecule has 106 valence electrons. The van der Waals surface area contributed by atoms with E-state index in [0.717, 1.165) is 5.56 Å². The van der Waals surface area contributed by atoms with Gasteiger partial charge >= 0.3 is 0 Å². The van der Waals surface area contributed by atoms with Gasteiger partial charge in [-0.25, -0.2) is 0 Å². The SMILES string of the molecule is NCC(NC1CCCCCC1)c1cc(Cl)cc(Cl)c1. The third-order valence-electron chi connectivity index (χ3n) is 3.82. The third-order valence-corrected chi connectivity index (χ3v) is 4.25. The number of halogens is 2. The Morgan fingerprint density at radius 2 is 1.63 bits per heavy atom. The fourth-order valence-corrected chi connectivity index (χ4v) is 3.35. The van der Waals surface area contributed by atoms with Gasteiger partial charge in [-0.1, -0.05) is 48.9 Å². The summed E-state index contributed by atoms with van der Waals surface area (Å²) in [7, 11) is 0. The van der Waals surface area contributed by atoms with E-state index in [1.54, 1.807) is 6.07 Å². The molecule has 1 unspecified atom stereocenters. The minimum Gasteiger partial charge on any atom is -0.329 e. The van der Waals surface area contributed by atoms with Crippen molar-refractivity contribution in [2.45, 2.75) is 50.6 Å². The normalized spacial score (nSPS) is 19.1. The van der Waals surface area contributed by atoms with Gasteiger partial charge in [-0.15, -0.1) is 0 Å². The zero-order chi connectivity index (χ0) is 13.7. The molecular weight excluding hydrogens is 279 g/mol. The van der Waals surface area contributed by atoms with Crippen molar-refractivity contribution in [3.05, 3.63) is 33.8 Å². The average Bonchev–Trinajstić information content (AvgIpc) is 2.63. The van der Waals surface area contributed by atoms with Crippen molar-refractivity contribution in [1.82, 2.24) is 5.32 Å². The van der Waals surface area contributed by atoms with E-state index in [4.69, 9.17) is 28.9 Å². The van der Waals surface area contributed by atoms with Gasteiger partial charge in [0.1, 0.15) is 0 Å². The molecular formula is C15H22Cl2N2. The monoisotopic (exact) mass is 300 g/mol. The van der Waals surface area contributed by atoms with Crippen LogP contribution in [-0.4, -0.2) is 12.6 Å². The molecule has 0 aromatic heterocycles. The molecule has 0 radical (unpaired) electrons. The van der Waals surface area contributed by atoms with E-state index < -0.39 is 0 Å². The second kappa shape index (κ2) is 7.49. The highest BCUT2D eigenvalue weighted by molar-refractivity contribution is 6.34. The largest absolute Gasteiger partial charge is 0.329 e. The topological polar surface area (TPSA) is 38.0 Å². The van der Waals surface area contributed by atoms with Gasteiger partial charge in [0.05, 0.1) is 0 Å². The summed E-state index contributed by atoms with van der Waals surface area (Å²) in [4.78, 5) is 0. The van der Waals surface area contributed by atoms with Gasteiger partial charge in [0.2, 0.25) is 0 Å². The first-order valence-corrected chi connectivity index (χ1v) is 7.86. The maximum absolute atomic E-state index is 6.07. The molecule has 0 saturated heterocycles. The van der Waals surface area contributed by atoms with Crippen LogP contribution in [0.5, 0.6) is 0 Å². The summed E-state index contributed by atoms with van der Waals surface area (Å²) >= 11 is 12.1. The number of hydrogen-bond acceptors (Lipinski definition) is 2. The molecule has 4 heteroatoms. The summed E-state index contributed by atoms with van der Waals surface area (Å²) in [5.74, 6) is 0. The Hall–Kier alpha value is -0.280. The van der Waals surface area contributed by atoms with E-state index >= 15 is 0 Å². The average molecular weight is 301 g/mol. The molecule has 19 heavy (non-hydrogen) atoms. The molecule has 1 atom stereocenters. The van der Waals surface area contributed by atoms with Gasteiger partial charge in [-0.2, -0.15) is 0 Å². The lowest BCUT2D eigenvalue weighted by atomic mass is 10.0. The molecule has 1 aromatic carbocycles. The Labute approximate surface area is 125 Å².